The minimum absolute atomic E-state index is 0.0506. The molecule has 0 radical (unpaired) electrons. The van der Waals surface area contributed by atoms with Crippen LogP contribution < -0.4 is 9.80 Å². The number of carbonyl (C=O) groups excluding carboxylic acids is 3. The molecule has 0 fully saturated rings. The van der Waals surface area contributed by atoms with Gasteiger partial charge in [0.2, 0.25) is 11.8 Å². The third-order valence-electron chi connectivity index (χ3n) is 4.43. The summed E-state index contributed by atoms with van der Waals surface area (Å²) in [5.41, 5.74) is 3.13. The number of anilines is 2. The summed E-state index contributed by atoms with van der Waals surface area (Å²) in [7, 11) is 0. The number of para-hydroxylation sites is 1. The summed E-state index contributed by atoms with van der Waals surface area (Å²) in [5, 5.41) is 0. The molecule has 0 aliphatic carbocycles. The van der Waals surface area contributed by atoms with Crippen molar-refractivity contribution in [3.63, 3.8) is 0 Å². The summed E-state index contributed by atoms with van der Waals surface area (Å²) in [5.74, 6) is -0.444. The fraction of sp³-hybridized carbons (Fsp3) is 0.250. The lowest BCUT2D eigenvalue weighted by Gasteiger charge is -2.25. The number of benzene rings is 2. The summed E-state index contributed by atoms with van der Waals surface area (Å²) >= 11 is 0. The highest BCUT2D eigenvalue weighted by atomic mass is 16.2. The molecule has 1 aliphatic heterocycles. The van der Waals surface area contributed by atoms with Crippen molar-refractivity contribution in [1.29, 1.82) is 0 Å². The molecular weight excluding hydrogens is 316 g/mol. The van der Waals surface area contributed by atoms with Crippen LogP contribution >= 0.6 is 0 Å². The lowest BCUT2D eigenvalue weighted by molar-refractivity contribution is -0.121. The van der Waals surface area contributed by atoms with Gasteiger partial charge < -0.3 is 9.80 Å². The van der Waals surface area contributed by atoms with Crippen LogP contribution in [0.1, 0.15) is 29.8 Å². The van der Waals surface area contributed by atoms with E-state index in [4.69, 9.17) is 0 Å². The van der Waals surface area contributed by atoms with Crippen LogP contribution in [0.4, 0.5) is 11.4 Å². The van der Waals surface area contributed by atoms with E-state index in [2.05, 4.69) is 0 Å². The standard InChI is InChI=1S/C20H20N2O3/c1-14(23)17-7-5-8-18(12-17)22(15(2)24)13-20(25)21-11-10-16-6-3-4-9-19(16)21/h3-9,12H,10-11,13H2,1-2H3. The first-order valence-electron chi connectivity index (χ1n) is 8.25. The van der Waals surface area contributed by atoms with Crippen molar-refractivity contribution in [3.8, 4) is 0 Å². The Kier molecular flexibility index (Phi) is 4.65. The molecule has 0 aromatic heterocycles. The Balaban J connectivity index is 1.84. The van der Waals surface area contributed by atoms with Gasteiger partial charge in [-0.25, -0.2) is 0 Å². The smallest absolute Gasteiger partial charge is 0.247 e. The quantitative estimate of drug-likeness (QED) is 0.807. The zero-order valence-electron chi connectivity index (χ0n) is 14.4. The number of hydrogen-bond acceptors (Lipinski definition) is 3. The van der Waals surface area contributed by atoms with Gasteiger partial charge in [0.25, 0.3) is 0 Å². The molecule has 5 heteroatoms. The zero-order chi connectivity index (χ0) is 18.0. The van der Waals surface area contributed by atoms with Crippen LogP contribution in [0, 0.1) is 0 Å². The summed E-state index contributed by atoms with van der Waals surface area (Å²) in [6.07, 6.45) is 0.821. The van der Waals surface area contributed by atoms with E-state index < -0.39 is 0 Å². The van der Waals surface area contributed by atoms with E-state index in [0.29, 0.717) is 17.8 Å². The van der Waals surface area contributed by atoms with Gasteiger partial charge in [0.05, 0.1) is 0 Å². The maximum atomic E-state index is 12.8. The number of carbonyl (C=O) groups is 3. The predicted octanol–water partition coefficient (Wildman–Crippen LogP) is 2.83. The number of ketones is 1. The van der Waals surface area contributed by atoms with E-state index in [0.717, 1.165) is 17.7 Å². The van der Waals surface area contributed by atoms with Crippen LogP contribution in [0.5, 0.6) is 0 Å². The lowest BCUT2D eigenvalue weighted by atomic mass is 10.1. The lowest BCUT2D eigenvalue weighted by Crippen LogP contribution is -2.41. The maximum Gasteiger partial charge on any atom is 0.247 e. The normalized spacial score (nSPS) is 12.6. The molecule has 0 saturated carbocycles. The molecule has 5 nitrogen and oxygen atoms in total. The molecule has 1 aliphatic rings. The largest absolute Gasteiger partial charge is 0.310 e. The number of fused-ring (bicyclic) bond motifs is 1. The molecule has 0 saturated heterocycles. The Bertz CT molecular complexity index is 844. The van der Waals surface area contributed by atoms with Gasteiger partial charge in [-0.1, -0.05) is 30.3 Å². The number of rotatable bonds is 4. The molecule has 2 amide bonds. The molecule has 0 spiro atoms. The van der Waals surface area contributed by atoms with E-state index in [1.165, 1.54) is 18.7 Å². The zero-order valence-corrected chi connectivity index (χ0v) is 14.4. The molecule has 25 heavy (non-hydrogen) atoms. The van der Waals surface area contributed by atoms with Gasteiger partial charge in [0.15, 0.2) is 5.78 Å². The molecule has 0 atom stereocenters. The molecule has 0 bridgehead atoms. The Labute approximate surface area is 146 Å². The van der Waals surface area contributed by atoms with E-state index in [9.17, 15) is 14.4 Å². The van der Waals surface area contributed by atoms with Gasteiger partial charge in [-0.05, 0) is 37.1 Å². The highest BCUT2D eigenvalue weighted by Gasteiger charge is 2.26. The first-order chi connectivity index (χ1) is 12.0. The van der Waals surface area contributed by atoms with Gasteiger partial charge in [-0.15, -0.1) is 0 Å². The van der Waals surface area contributed by atoms with Crippen molar-refractivity contribution >= 4 is 29.0 Å². The molecule has 0 N–H and O–H groups in total. The minimum atomic E-state index is -0.235. The Morgan fingerprint density at radius 3 is 2.52 bits per heavy atom. The van der Waals surface area contributed by atoms with Crippen LogP contribution in [-0.4, -0.2) is 30.7 Å². The predicted molar refractivity (Wildman–Crippen MR) is 97.0 cm³/mol. The molecule has 1 heterocycles. The van der Waals surface area contributed by atoms with Crippen LogP contribution in [0.15, 0.2) is 48.5 Å². The average Bonchev–Trinajstić information content (AvgIpc) is 3.03. The van der Waals surface area contributed by atoms with Crippen molar-refractivity contribution in [1.82, 2.24) is 0 Å². The monoisotopic (exact) mass is 336 g/mol. The number of hydrogen-bond donors (Lipinski definition) is 0. The maximum absolute atomic E-state index is 12.8. The van der Waals surface area contributed by atoms with Gasteiger partial charge in [-0.3, -0.25) is 14.4 Å². The van der Waals surface area contributed by atoms with Crippen LogP contribution in [0.25, 0.3) is 0 Å². The second-order valence-electron chi connectivity index (χ2n) is 6.14. The first kappa shape index (κ1) is 16.9. The second-order valence-corrected chi connectivity index (χ2v) is 6.14. The topological polar surface area (TPSA) is 57.7 Å². The molecule has 2 aromatic carbocycles. The van der Waals surface area contributed by atoms with Gasteiger partial charge in [-0.2, -0.15) is 0 Å². The molecule has 3 rings (SSSR count). The summed E-state index contributed by atoms with van der Waals surface area (Å²) < 4.78 is 0. The number of nitrogens with zero attached hydrogens (tertiary/aromatic N) is 2. The summed E-state index contributed by atoms with van der Waals surface area (Å²) in [6, 6.07) is 14.6. The number of amides is 2. The number of Topliss-reactive ketones (excluding diaryl/α,β-unsaturated/α-hetero) is 1. The van der Waals surface area contributed by atoms with Crippen LogP contribution in [0.3, 0.4) is 0 Å². The highest BCUT2D eigenvalue weighted by Crippen LogP contribution is 2.28. The van der Waals surface area contributed by atoms with Gasteiger partial charge >= 0.3 is 0 Å². The molecule has 0 unspecified atom stereocenters. The molecule has 2 aromatic rings. The van der Waals surface area contributed by atoms with Crippen molar-refractivity contribution in [2.45, 2.75) is 20.3 Å². The SMILES string of the molecule is CC(=O)c1cccc(N(CC(=O)N2CCc3ccccc32)C(C)=O)c1. The summed E-state index contributed by atoms with van der Waals surface area (Å²) in [6.45, 7) is 3.47. The third-order valence-corrected chi connectivity index (χ3v) is 4.43. The fourth-order valence-electron chi connectivity index (χ4n) is 3.10. The van der Waals surface area contributed by atoms with Crippen molar-refractivity contribution in [2.24, 2.45) is 0 Å². The molecular formula is C20H20N2O3. The Morgan fingerprint density at radius 1 is 1.04 bits per heavy atom. The van der Waals surface area contributed by atoms with Crippen molar-refractivity contribution in [3.05, 3.63) is 59.7 Å². The highest BCUT2D eigenvalue weighted by molar-refractivity contribution is 6.04. The van der Waals surface area contributed by atoms with Crippen LogP contribution in [0.2, 0.25) is 0 Å². The average molecular weight is 336 g/mol. The summed E-state index contributed by atoms with van der Waals surface area (Å²) in [4.78, 5) is 39.6. The van der Waals surface area contributed by atoms with Crippen LogP contribution in [-0.2, 0) is 16.0 Å². The Morgan fingerprint density at radius 2 is 1.80 bits per heavy atom. The third kappa shape index (κ3) is 3.45. The van der Waals surface area contributed by atoms with Gasteiger partial charge in [0.1, 0.15) is 6.54 Å². The van der Waals surface area contributed by atoms with E-state index >= 15 is 0 Å². The van der Waals surface area contributed by atoms with Crippen molar-refractivity contribution in [2.75, 3.05) is 22.9 Å². The van der Waals surface area contributed by atoms with Crippen molar-refractivity contribution < 1.29 is 14.4 Å². The molecule has 128 valence electrons. The van der Waals surface area contributed by atoms with E-state index in [-0.39, 0.29) is 24.1 Å². The van der Waals surface area contributed by atoms with E-state index in [1.54, 1.807) is 29.2 Å². The van der Waals surface area contributed by atoms with E-state index in [1.807, 2.05) is 24.3 Å². The Hall–Kier alpha value is -2.95. The first-order valence-corrected chi connectivity index (χ1v) is 8.25. The fourth-order valence-corrected chi connectivity index (χ4v) is 3.10. The van der Waals surface area contributed by atoms with Gasteiger partial charge in [0, 0.05) is 30.4 Å². The second kappa shape index (κ2) is 6.89. The minimum Gasteiger partial charge on any atom is -0.310 e.